The molecule has 6 heteroatoms. The predicted octanol–water partition coefficient (Wildman–Crippen LogP) is 0.701. The minimum atomic E-state index is -1.07. The highest BCUT2D eigenvalue weighted by Gasteiger charge is 2.36. The molecule has 0 spiro atoms. The van der Waals surface area contributed by atoms with Gasteiger partial charge in [-0.15, -0.1) is 0 Å². The maximum atomic E-state index is 11.9. The fourth-order valence-corrected chi connectivity index (χ4v) is 2.10. The summed E-state index contributed by atoms with van der Waals surface area (Å²) in [6, 6.07) is 7.67. The van der Waals surface area contributed by atoms with Gasteiger partial charge in [-0.1, -0.05) is 18.2 Å². The summed E-state index contributed by atoms with van der Waals surface area (Å²) in [5, 5.41) is 11.4. The second-order valence-corrected chi connectivity index (χ2v) is 4.31. The Morgan fingerprint density at radius 2 is 1.89 bits per heavy atom. The zero-order chi connectivity index (χ0) is 13.8. The van der Waals surface area contributed by atoms with Crippen molar-refractivity contribution in [2.45, 2.75) is 18.9 Å². The molecule has 1 heterocycles. The van der Waals surface area contributed by atoms with Crippen molar-refractivity contribution in [2.24, 2.45) is 0 Å². The second kappa shape index (κ2) is 5.51. The molecule has 1 aromatic carbocycles. The first-order chi connectivity index (χ1) is 9.09. The monoisotopic (exact) mass is 262 g/mol. The lowest BCUT2D eigenvalue weighted by Crippen LogP contribution is -2.45. The van der Waals surface area contributed by atoms with Crippen LogP contribution in [-0.4, -0.2) is 40.4 Å². The smallest absolute Gasteiger partial charge is 0.326 e. The Hall–Kier alpha value is -2.37. The SMILES string of the molecule is O=C(Nc1ccccc1)C(=O)N1CCCC1C(=O)O. The topological polar surface area (TPSA) is 86.7 Å². The fourth-order valence-electron chi connectivity index (χ4n) is 2.10. The number of rotatable bonds is 2. The molecule has 0 bridgehead atoms. The minimum Gasteiger partial charge on any atom is -0.480 e. The third-order valence-corrected chi connectivity index (χ3v) is 3.02. The highest BCUT2D eigenvalue weighted by Crippen LogP contribution is 2.18. The molecule has 0 radical (unpaired) electrons. The van der Waals surface area contributed by atoms with Gasteiger partial charge in [0.15, 0.2) is 0 Å². The van der Waals surface area contributed by atoms with Crippen LogP contribution in [0.1, 0.15) is 12.8 Å². The van der Waals surface area contributed by atoms with Crippen LogP contribution < -0.4 is 5.32 Å². The van der Waals surface area contributed by atoms with Gasteiger partial charge in [0.1, 0.15) is 6.04 Å². The summed E-state index contributed by atoms with van der Waals surface area (Å²) in [5.41, 5.74) is 0.506. The molecule has 2 amide bonds. The largest absolute Gasteiger partial charge is 0.480 e. The molecule has 1 fully saturated rings. The van der Waals surface area contributed by atoms with Crippen LogP contribution in [0.5, 0.6) is 0 Å². The van der Waals surface area contributed by atoms with E-state index in [-0.39, 0.29) is 0 Å². The Morgan fingerprint density at radius 1 is 1.21 bits per heavy atom. The van der Waals surface area contributed by atoms with E-state index in [0.717, 1.165) is 4.90 Å². The molecule has 1 atom stereocenters. The number of aliphatic carboxylic acids is 1. The summed E-state index contributed by atoms with van der Waals surface area (Å²) < 4.78 is 0. The van der Waals surface area contributed by atoms with Gasteiger partial charge in [-0.2, -0.15) is 0 Å². The fraction of sp³-hybridized carbons (Fsp3) is 0.308. The minimum absolute atomic E-state index is 0.304. The van der Waals surface area contributed by atoms with Crippen LogP contribution in [0.3, 0.4) is 0 Å². The van der Waals surface area contributed by atoms with E-state index in [1.165, 1.54) is 0 Å². The van der Waals surface area contributed by atoms with E-state index in [1.54, 1.807) is 30.3 Å². The number of carbonyl (C=O) groups excluding carboxylic acids is 2. The molecule has 6 nitrogen and oxygen atoms in total. The van der Waals surface area contributed by atoms with Crippen molar-refractivity contribution in [3.8, 4) is 0 Å². The van der Waals surface area contributed by atoms with Crippen LogP contribution >= 0.6 is 0 Å². The number of nitrogens with one attached hydrogen (secondary N) is 1. The predicted molar refractivity (Wildman–Crippen MR) is 67.4 cm³/mol. The molecule has 1 aromatic rings. The highest BCUT2D eigenvalue weighted by atomic mass is 16.4. The molecule has 1 aliphatic heterocycles. The molecule has 1 saturated heterocycles. The number of carboxylic acids is 1. The normalized spacial score (nSPS) is 18.1. The Bertz CT molecular complexity index is 501. The van der Waals surface area contributed by atoms with Gasteiger partial charge >= 0.3 is 17.8 Å². The van der Waals surface area contributed by atoms with Gasteiger partial charge in [-0.3, -0.25) is 9.59 Å². The van der Waals surface area contributed by atoms with E-state index < -0.39 is 23.8 Å². The van der Waals surface area contributed by atoms with Crippen molar-refractivity contribution in [3.05, 3.63) is 30.3 Å². The number of nitrogens with zero attached hydrogens (tertiary/aromatic N) is 1. The van der Waals surface area contributed by atoms with Gasteiger partial charge in [0.05, 0.1) is 0 Å². The molecule has 0 aromatic heterocycles. The molecule has 19 heavy (non-hydrogen) atoms. The van der Waals surface area contributed by atoms with E-state index in [9.17, 15) is 14.4 Å². The molecular weight excluding hydrogens is 248 g/mol. The number of likely N-dealkylation sites (tertiary alicyclic amines) is 1. The summed E-state index contributed by atoms with van der Waals surface area (Å²) in [6.07, 6.45) is 0.987. The van der Waals surface area contributed by atoms with Crippen LogP contribution in [0, 0.1) is 0 Å². The average molecular weight is 262 g/mol. The van der Waals surface area contributed by atoms with Crippen molar-refractivity contribution in [3.63, 3.8) is 0 Å². The molecule has 1 aliphatic rings. The first kappa shape index (κ1) is 13.1. The molecule has 2 N–H and O–H groups in total. The summed E-state index contributed by atoms with van der Waals surface area (Å²) in [7, 11) is 0. The maximum absolute atomic E-state index is 11.9. The zero-order valence-electron chi connectivity index (χ0n) is 10.2. The molecule has 100 valence electrons. The Morgan fingerprint density at radius 3 is 2.53 bits per heavy atom. The lowest BCUT2D eigenvalue weighted by Gasteiger charge is -2.20. The molecule has 2 rings (SSSR count). The number of anilines is 1. The number of hydrogen-bond acceptors (Lipinski definition) is 3. The van der Waals surface area contributed by atoms with E-state index in [0.29, 0.717) is 25.1 Å². The first-order valence-electron chi connectivity index (χ1n) is 5.99. The standard InChI is InChI=1S/C13H14N2O4/c16-11(14-9-5-2-1-3-6-9)12(17)15-8-4-7-10(15)13(18)19/h1-3,5-6,10H,4,7-8H2,(H,14,16)(H,18,19). The quantitative estimate of drug-likeness (QED) is 0.768. The summed E-state index contributed by atoms with van der Waals surface area (Å²) in [6.45, 7) is 0.304. The van der Waals surface area contributed by atoms with Crippen LogP contribution in [0.15, 0.2) is 30.3 Å². The summed E-state index contributed by atoms with van der Waals surface area (Å²) in [4.78, 5) is 35.8. The van der Waals surface area contributed by atoms with Gasteiger partial charge < -0.3 is 15.3 Å². The van der Waals surface area contributed by atoms with Crippen molar-refractivity contribution in [1.29, 1.82) is 0 Å². The van der Waals surface area contributed by atoms with Crippen molar-refractivity contribution < 1.29 is 19.5 Å². The highest BCUT2D eigenvalue weighted by molar-refractivity contribution is 6.39. The van der Waals surface area contributed by atoms with Crippen molar-refractivity contribution >= 4 is 23.5 Å². The van der Waals surface area contributed by atoms with Crippen molar-refractivity contribution in [2.75, 3.05) is 11.9 Å². The van der Waals surface area contributed by atoms with Gasteiger partial charge in [-0.05, 0) is 25.0 Å². The molecule has 1 unspecified atom stereocenters. The number of carbonyl (C=O) groups is 3. The van der Waals surface area contributed by atoms with Gasteiger partial charge in [0, 0.05) is 12.2 Å². The second-order valence-electron chi connectivity index (χ2n) is 4.31. The molecular formula is C13H14N2O4. The van der Waals surface area contributed by atoms with E-state index >= 15 is 0 Å². The average Bonchev–Trinajstić information content (AvgIpc) is 2.88. The number of carboxylic acid groups (broad SMARTS) is 1. The molecule has 0 aliphatic carbocycles. The van der Waals surface area contributed by atoms with E-state index in [4.69, 9.17) is 5.11 Å². The number of hydrogen-bond donors (Lipinski definition) is 2. The maximum Gasteiger partial charge on any atom is 0.326 e. The molecule has 0 saturated carbocycles. The van der Waals surface area contributed by atoms with Crippen molar-refractivity contribution in [1.82, 2.24) is 4.90 Å². The lowest BCUT2D eigenvalue weighted by molar-refractivity contribution is -0.151. The van der Waals surface area contributed by atoms with Crippen LogP contribution in [0.4, 0.5) is 5.69 Å². The van der Waals surface area contributed by atoms with E-state index in [2.05, 4.69) is 5.32 Å². The lowest BCUT2D eigenvalue weighted by atomic mass is 10.2. The Balaban J connectivity index is 2.03. The Kier molecular flexibility index (Phi) is 3.79. The summed E-state index contributed by atoms with van der Waals surface area (Å²) >= 11 is 0. The number of amides is 2. The summed E-state index contributed by atoms with van der Waals surface area (Å²) in [5.74, 6) is -2.67. The van der Waals surface area contributed by atoms with Crippen LogP contribution in [0.2, 0.25) is 0 Å². The van der Waals surface area contributed by atoms with Crippen LogP contribution in [0.25, 0.3) is 0 Å². The first-order valence-corrected chi connectivity index (χ1v) is 5.99. The Labute approximate surface area is 110 Å². The number of benzene rings is 1. The zero-order valence-corrected chi connectivity index (χ0v) is 10.2. The third kappa shape index (κ3) is 2.90. The van der Waals surface area contributed by atoms with Gasteiger partial charge in [0.25, 0.3) is 0 Å². The van der Waals surface area contributed by atoms with Crippen LogP contribution in [-0.2, 0) is 14.4 Å². The van der Waals surface area contributed by atoms with Gasteiger partial charge in [-0.25, -0.2) is 4.79 Å². The van der Waals surface area contributed by atoms with Gasteiger partial charge in [0.2, 0.25) is 0 Å². The van der Waals surface area contributed by atoms with E-state index in [1.807, 2.05) is 0 Å². The number of para-hydroxylation sites is 1. The third-order valence-electron chi connectivity index (χ3n) is 3.02.